The van der Waals surface area contributed by atoms with Crippen LogP contribution in [0.3, 0.4) is 0 Å². The molecule has 0 saturated carbocycles. The van der Waals surface area contributed by atoms with Gasteiger partial charge in [-0.2, -0.15) is 0 Å². The molecule has 0 radical (unpaired) electrons. The van der Waals surface area contributed by atoms with Crippen molar-refractivity contribution in [2.45, 2.75) is 19.6 Å². The Bertz CT molecular complexity index is 631. The van der Waals surface area contributed by atoms with Gasteiger partial charge in [0.05, 0.1) is 12.6 Å². The first kappa shape index (κ1) is 16.0. The molecule has 0 aromatic heterocycles. The van der Waals surface area contributed by atoms with Crippen molar-refractivity contribution in [3.05, 3.63) is 71.0 Å². The summed E-state index contributed by atoms with van der Waals surface area (Å²) in [5.41, 5.74) is 1.92. The van der Waals surface area contributed by atoms with Gasteiger partial charge in [0, 0.05) is 5.56 Å². The van der Waals surface area contributed by atoms with Gasteiger partial charge >= 0.3 is 6.09 Å². The Balaban J connectivity index is 1.97. The highest BCUT2D eigenvalue weighted by Crippen LogP contribution is 2.18. The third-order valence-corrected chi connectivity index (χ3v) is 3.21. The summed E-state index contributed by atoms with van der Waals surface area (Å²) in [6.07, 6.45) is -0.705. The lowest BCUT2D eigenvalue weighted by Crippen LogP contribution is -2.31. The molecule has 2 aromatic rings. The third-order valence-electron chi connectivity index (χ3n) is 3.21. The summed E-state index contributed by atoms with van der Waals surface area (Å²) >= 11 is 0. The van der Waals surface area contributed by atoms with E-state index in [9.17, 15) is 14.3 Å². The van der Waals surface area contributed by atoms with Crippen molar-refractivity contribution in [3.8, 4) is 0 Å². The molecule has 4 nitrogen and oxygen atoms in total. The highest BCUT2D eigenvalue weighted by atomic mass is 19.1. The van der Waals surface area contributed by atoms with Gasteiger partial charge in [0.25, 0.3) is 0 Å². The number of alkyl carbamates (subject to hydrolysis) is 1. The van der Waals surface area contributed by atoms with E-state index < -0.39 is 24.6 Å². The van der Waals surface area contributed by atoms with Gasteiger partial charge < -0.3 is 15.2 Å². The molecule has 1 amide bonds. The number of carbonyl (C=O) groups excluding carboxylic acids is 1. The number of aryl methyl sites for hydroxylation is 1. The van der Waals surface area contributed by atoms with Crippen LogP contribution in [0.5, 0.6) is 0 Å². The fraction of sp³-hybridized carbons (Fsp3) is 0.235. The Kier molecular flexibility index (Phi) is 5.49. The lowest BCUT2D eigenvalue weighted by molar-refractivity contribution is 0.129. The molecule has 116 valence electrons. The van der Waals surface area contributed by atoms with Crippen LogP contribution in [0.2, 0.25) is 0 Å². The van der Waals surface area contributed by atoms with E-state index in [0.717, 1.165) is 11.1 Å². The lowest BCUT2D eigenvalue weighted by Gasteiger charge is -2.17. The van der Waals surface area contributed by atoms with Gasteiger partial charge in [-0.25, -0.2) is 9.18 Å². The van der Waals surface area contributed by atoms with Crippen LogP contribution in [-0.4, -0.2) is 17.8 Å². The summed E-state index contributed by atoms with van der Waals surface area (Å²) in [6, 6.07) is 12.9. The highest BCUT2D eigenvalue weighted by molar-refractivity contribution is 5.68. The van der Waals surface area contributed by atoms with Gasteiger partial charge in [-0.15, -0.1) is 0 Å². The molecule has 0 fully saturated rings. The van der Waals surface area contributed by atoms with Crippen molar-refractivity contribution < 1.29 is 19.0 Å². The summed E-state index contributed by atoms with van der Waals surface area (Å²) in [5, 5.41) is 11.9. The minimum atomic E-state index is -0.844. The van der Waals surface area contributed by atoms with Crippen molar-refractivity contribution in [3.63, 3.8) is 0 Å². The standard InChI is InChI=1S/C17H18FNO3/c1-12-7-8-15(18)14(9-12)16(10-20)19-17(21)22-11-13-5-3-2-4-6-13/h2-9,16,20H,10-11H2,1H3,(H,19,21). The second-order valence-electron chi connectivity index (χ2n) is 4.97. The van der Waals surface area contributed by atoms with E-state index in [1.807, 2.05) is 37.3 Å². The molecule has 0 bridgehead atoms. The zero-order valence-corrected chi connectivity index (χ0v) is 12.3. The number of halogens is 1. The molecule has 2 aromatic carbocycles. The van der Waals surface area contributed by atoms with Gasteiger partial charge in [0.1, 0.15) is 12.4 Å². The summed E-state index contributed by atoms with van der Waals surface area (Å²) in [6.45, 7) is 1.51. The van der Waals surface area contributed by atoms with Gasteiger partial charge in [0.2, 0.25) is 0 Å². The first-order valence-electron chi connectivity index (χ1n) is 6.94. The maximum absolute atomic E-state index is 13.8. The van der Waals surface area contributed by atoms with Crippen LogP contribution in [0.25, 0.3) is 0 Å². The Hall–Kier alpha value is -2.40. The second kappa shape index (κ2) is 7.56. The van der Waals surface area contributed by atoms with Crippen LogP contribution in [0.4, 0.5) is 9.18 Å². The highest BCUT2D eigenvalue weighted by Gasteiger charge is 2.18. The maximum atomic E-state index is 13.8. The zero-order chi connectivity index (χ0) is 15.9. The lowest BCUT2D eigenvalue weighted by atomic mass is 10.0. The van der Waals surface area contributed by atoms with E-state index in [1.54, 1.807) is 12.1 Å². The van der Waals surface area contributed by atoms with Crippen molar-refractivity contribution in [2.75, 3.05) is 6.61 Å². The van der Waals surface area contributed by atoms with Crippen molar-refractivity contribution in [1.29, 1.82) is 0 Å². The number of carbonyl (C=O) groups is 1. The number of benzene rings is 2. The third kappa shape index (κ3) is 4.30. The molecule has 0 saturated heterocycles. The van der Waals surface area contributed by atoms with E-state index in [4.69, 9.17) is 4.74 Å². The molecule has 2 N–H and O–H groups in total. The Labute approximate surface area is 128 Å². The zero-order valence-electron chi connectivity index (χ0n) is 12.3. The van der Waals surface area contributed by atoms with Crippen LogP contribution in [0.1, 0.15) is 22.7 Å². The van der Waals surface area contributed by atoms with Crippen LogP contribution >= 0.6 is 0 Å². The smallest absolute Gasteiger partial charge is 0.408 e. The fourth-order valence-corrected chi connectivity index (χ4v) is 2.06. The van der Waals surface area contributed by atoms with Crippen molar-refractivity contribution >= 4 is 6.09 Å². The Morgan fingerprint density at radius 2 is 2.00 bits per heavy atom. The van der Waals surface area contributed by atoms with Crippen molar-refractivity contribution in [1.82, 2.24) is 5.32 Å². The van der Waals surface area contributed by atoms with Gasteiger partial charge in [-0.1, -0.05) is 48.0 Å². The van der Waals surface area contributed by atoms with E-state index >= 15 is 0 Å². The first-order chi connectivity index (χ1) is 10.6. The molecule has 2 rings (SSSR count). The molecule has 22 heavy (non-hydrogen) atoms. The topological polar surface area (TPSA) is 58.6 Å². The number of aliphatic hydroxyl groups excluding tert-OH is 1. The quantitative estimate of drug-likeness (QED) is 0.892. The van der Waals surface area contributed by atoms with E-state index in [1.165, 1.54) is 6.07 Å². The number of ether oxygens (including phenoxy) is 1. The maximum Gasteiger partial charge on any atom is 0.408 e. The molecule has 0 aliphatic carbocycles. The Morgan fingerprint density at radius 3 is 2.68 bits per heavy atom. The minimum absolute atomic E-state index is 0.112. The van der Waals surface area contributed by atoms with Crippen LogP contribution in [0.15, 0.2) is 48.5 Å². The number of rotatable bonds is 5. The molecule has 1 atom stereocenters. The van der Waals surface area contributed by atoms with Gasteiger partial charge in [-0.3, -0.25) is 0 Å². The Morgan fingerprint density at radius 1 is 1.27 bits per heavy atom. The second-order valence-corrected chi connectivity index (χ2v) is 4.97. The monoisotopic (exact) mass is 303 g/mol. The number of aliphatic hydroxyl groups is 1. The molecule has 1 unspecified atom stereocenters. The summed E-state index contributed by atoms with van der Waals surface area (Å²) < 4.78 is 18.9. The van der Waals surface area contributed by atoms with E-state index in [-0.39, 0.29) is 12.2 Å². The molecular weight excluding hydrogens is 285 g/mol. The molecule has 0 aliphatic heterocycles. The molecule has 0 aliphatic rings. The fourth-order valence-electron chi connectivity index (χ4n) is 2.06. The van der Waals surface area contributed by atoms with E-state index in [2.05, 4.69) is 5.32 Å². The van der Waals surface area contributed by atoms with Crippen LogP contribution in [0, 0.1) is 12.7 Å². The van der Waals surface area contributed by atoms with E-state index in [0.29, 0.717) is 0 Å². The molecular formula is C17H18FNO3. The summed E-state index contributed by atoms with van der Waals surface area (Å²) in [7, 11) is 0. The van der Waals surface area contributed by atoms with Crippen LogP contribution < -0.4 is 5.32 Å². The predicted octanol–water partition coefficient (Wildman–Crippen LogP) is 3.09. The number of hydrogen-bond donors (Lipinski definition) is 2. The minimum Gasteiger partial charge on any atom is -0.445 e. The number of hydrogen-bond acceptors (Lipinski definition) is 3. The SMILES string of the molecule is Cc1ccc(F)c(C(CO)NC(=O)OCc2ccccc2)c1. The summed E-state index contributed by atoms with van der Waals surface area (Å²) in [4.78, 5) is 11.8. The molecule has 0 spiro atoms. The molecule has 0 heterocycles. The van der Waals surface area contributed by atoms with Crippen LogP contribution in [-0.2, 0) is 11.3 Å². The average Bonchev–Trinajstić information content (AvgIpc) is 2.54. The molecule has 5 heteroatoms. The predicted molar refractivity (Wildman–Crippen MR) is 80.7 cm³/mol. The van der Waals surface area contributed by atoms with Gasteiger partial charge in [0.15, 0.2) is 0 Å². The number of nitrogens with one attached hydrogen (secondary N) is 1. The average molecular weight is 303 g/mol. The number of amides is 1. The van der Waals surface area contributed by atoms with Gasteiger partial charge in [-0.05, 0) is 18.6 Å². The first-order valence-corrected chi connectivity index (χ1v) is 6.94. The largest absolute Gasteiger partial charge is 0.445 e. The van der Waals surface area contributed by atoms with Crippen molar-refractivity contribution in [2.24, 2.45) is 0 Å². The summed E-state index contributed by atoms with van der Waals surface area (Å²) in [5.74, 6) is -0.479. The normalized spacial score (nSPS) is 11.8.